The van der Waals surface area contributed by atoms with Crippen molar-refractivity contribution in [3.05, 3.63) is 100 Å². The lowest BCUT2D eigenvalue weighted by molar-refractivity contribution is 0.379. The van der Waals surface area contributed by atoms with Crippen molar-refractivity contribution in [2.75, 3.05) is 7.05 Å². The second kappa shape index (κ2) is 9.06. The van der Waals surface area contributed by atoms with Crippen molar-refractivity contribution >= 4 is 20.9 Å². The summed E-state index contributed by atoms with van der Waals surface area (Å²) in [5.41, 5.74) is 2.96. The minimum Gasteiger partial charge on any atom is -0.268 e. The Morgan fingerprint density at radius 1 is 0.914 bits per heavy atom. The average Bonchev–Trinajstić information content (AvgIpc) is 2.83. The van der Waals surface area contributed by atoms with Crippen LogP contribution in [0.2, 0.25) is 0 Å². The Labute approximate surface area is 206 Å². The van der Waals surface area contributed by atoms with E-state index in [9.17, 15) is 13.2 Å². The second-order valence-corrected chi connectivity index (χ2v) is 11.9. The highest BCUT2D eigenvalue weighted by molar-refractivity contribution is 7.89. The van der Waals surface area contributed by atoms with Crippen molar-refractivity contribution in [2.45, 2.75) is 51.0 Å². The van der Waals surface area contributed by atoms with E-state index < -0.39 is 16.1 Å². The number of fused-ring (bicyclic) bond motifs is 1. The quantitative estimate of drug-likeness (QED) is 0.378. The van der Waals surface area contributed by atoms with Crippen LogP contribution in [-0.4, -0.2) is 29.3 Å². The van der Waals surface area contributed by atoms with E-state index >= 15 is 0 Å². The van der Waals surface area contributed by atoms with Crippen molar-refractivity contribution in [3.8, 4) is 5.69 Å². The topological polar surface area (TPSA) is 72.3 Å². The Bertz CT molecular complexity index is 1530. The predicted octanol–water partition coefficient (Wildman–Crippen LogP) is 5.37. The molecule has 0 aliphatic carbocycles. The lowest BCUT2D eigenvalue weighted by Crippen LogP contribution is -2.35. The fourth-order valence-electron chi connectivity index (χ4n) is 4.04. The molecule has 0 saturated carbocycles. The molecular formula is C28H31N3O3S. The largest absolute Gasteiger partial charge is 0.268 e. The van der Waals surface area contributed by atoms with E-state index in [1.807, 2.05) is 49.4 Å². The van der Waals surface area contributed by atoms with Crippen molar-refractivity contribution in [1.29, 1.82) is 0 Å². The summed E-state index contributed by atoms with van der Waals surface area (Å²) in [6.45, 7) is 9.98. The fraction of sp³-hybridized carbons (Fsp3) is 0.286. The smallest absolute Gasteiger partial charge is 0.266 e. The summed E-state index contributed by atoms with van der Waals surface area (Å²) in [7, 11) is -2.32. The Morgan fingerprint density at radius 2 is 1.51 bits per heavy atom. The zero-order valence-electron chi connectivity index (χ0n) is 21.0. The van der Waals surface area contributed by atoms with Gasteiger partial charge in [0.1, 0.15) is 5.82 Å². The molecule has 35 heavy (non-hydrogen) atoms. The first kappa shape index (κ1) is 24.8. The van der Waals surface area contributed by atoms with Crippen molar-refractivity contribution < 1.29 is 8.42 Å². The minimum atomic E-state index is -3.84. The van der Waals surface area contributed by atoms with E-state index in [0.717, 1.165) is 11.1 Å². The summed E-state index contributed by atoms with van der Waals surface area (Å²) >= 11 is 0. The Balaban J connectivity index is 1.84. The maximum atomic E-state index is 13.6. The SMILES string of the molecule is Cc1ccc(-n2c(C(C)N(C)S(=O)(=O)c3ccc(C(C)(C)C)cc3)nc3ccccc3c2=O)cc1. The van der Waals surface area contributed by atoms with Gasteiger partial charge in [-0.1, -0.05) is 62.7 Å². The van der Waals surface area contributed by atoms with Crippen LogP contribution in [0.25, 0.3) is 16.6 Å². The summed E-state index contributed by atoms with van der Waals surface area (Å²) in [5, 5.41) is 0.479. The van der Waals surface area contributed by atoms with Gasteiger partial charge in [-0.05, 0) is 61.2 Å². The van der Waals surface area contributed by atoms with E-state index in [2.05, 4.69) is 20.8 Å². The first-order chi connectivity index (χ1) is 16.4. The molecule has 6 nitrogen and oxygen atoms in total. The van der Waals surface area contributed by atoms with Gasteiger partial charge >= 0.3 is 0 Å². The van der Waals surface area contributed by atoms with Crippen molar-refractivity contribution in [1.82, 2.24) is 13.9 Å². The van der Waals surface area contributed by atoms with Crippen LogP contribution in [-0.2, 0) is 15.4 Å². The highest BCUT2D eigenvalue weighted by Gasteiger charge is 2.30. The molecule has 1 aromatic heterocycles. The van der Waals surface area contributed by atoms with E-state index in [1.54, 1.807) is 37.3 Å². The molecule has 4 rings (SSSR count). The van der Waals surface area contributed by atoms with E-state index in [4.69, 9.17) is 4.98 Å². The number of para-hydroxylation sites is 1. The van der Waals surface area contributed by atoms with Gasteiger partial charge in [0.15, 0.2) is 0 Å². The van der Waals surface area contributed by atoms with Gasteiger partial charge in [-0.25, -0.2) is 13.4 Å². The lowest BCUT2D eigenvalue weighted by Gasteiger charge is -2.27. The van der Waals surface area contributed by atoms with Gasteiger partial charge in [-0.2, -0.15) is 4.31 Å². The standard InChI is InChI=1S/C28H31N3O3S/c1-19-11-15-22(16-12-19)31-26(29-25-10-8-7-9-24(25)27(31)32)20(2)30(6)35(33,34)23-17-13-21(14-18-23)28(3,4)5/h7-18,20H,1-6H3. The third-order valence-corrected chi connectivity index (χ3v) is 8.35. The number of hydrogen-bond acceptors (Lipinski definition) is 4. The molecule has 0 bridgehead atoms. The summed E-state index contributed by atoms with van der Waals surface area (Å²) in [6.07, 6.45) is 0. The molecule has 4 aromatic rings. The molecular weight excluding hydrogens is 458 g/mol. The first-order valence-corrected chi connectivity index (χ1v) is 13.0. The lowest BCUT2D eigenvalue weighted by atomic mass is 9.87. The summed E-state index contributed by atoms with van der Waals surface area (Å²) in [4.78, 5) is 18.5. The maximum Gasteiger partial charge on any atom is 0.266 e. The third kappa shape index (κ3) is 4.66. The van der Waals surface area contributed by atoms with Gasteiger partial charge in [0.05, 0.1) is 27.5 Å². The number of sulfonamides is 1. The minimum absolute atomic E-state index is 0.0827. The molecule has 182 valence electrons. The molecule has 1 atom stereocenters. The molecule has 0 N–H and O–H groups in total. The molecule has 0 radical (unpaired) electrons. The predicted molar refractivity (Wildman–Crippen MR) is 141 cm³/mol. The monoisotopic (exact) mass is 489 g/mol. The van der Waals surface area contributed by atoms with Crippen LogP contribution in [0, 0.1) is 6.92 Å². The molecule has 1 unspecified atom stereocenters. The molecule has 0 aliphatic heterocycles. The number of rotatable bonds is 5. The van der Waals surface area contributed by atoms with Crippen molar-refractivity contribution in [3.63, 3.8) is 0 Å². The third-order valence-electron chi connectivity index (χ3n) is 6.41. The van der Waals surface area contributed by atoms with Crippen LogP contribution >= 0.6 is 0 Å². The molecule has 3 aromatic carbocycles. The maximum absolute atomic E-state index is 13.6. The number of hydrogen-bond donors (Lipinski definition) is 0. The first-order valence-electron chi connectivity index (χ1n) is 11.6. The van der Waals surface area contributed by atoms with E-state index in [0.29, 0.717) is 22.4 Å². The van der Waals surface area contributed by atoms with Crippen LogP contribution in [0.15, 0.2) is 82.5 Å². The summed E-state index contributed by atoms with van der Waals surface area (Å²) in [6, 6.07) is 20.9. The van der Waals surface area contributed by atoms with Gasteiger partial charge in [-0.15, -0.1) is 0 Å². The van der Waals surface area contributed by atoms with Crippen LogP contribution in [0.4, 0.5) is 0 Å². The molecule has 0 fully saturated rings. The normalized spacial score (nSPS) is 13.3. The van der Waals surface area contributed by atoms with Gasteiger partial charge in [0.2, 0.25) is 10.0 Å². The highest BCUT2D eigenvalue weighted by Crippen LogP contribution is 2.29. The molecule has 7 heteroatoms. The van der Waals surface area contributed by atoms with Gasteiger partial charge in [0, 0.05) is 7.05 Å². The van der Waals surface area contributed by atoms with Crippen molar-refractivity contribution in [2.24, 2.45) is 0 Å². The van der Waals surface area contributed by atoms with Gasteiger partial charge in [0.25, 0.3) is 5.56 Å². The van der Waals surface area contributed by atoms with Crippen LogP contribution in [0.5, 0.6) is 0 Å². The molecule has 0 saturated heterocycles. The Hall–Kier alpha value is -3.29. The number of benzene rings is 3. The number of aromatic nitrogens is 2. The van der Waals surface area contributed by atoms with Gasteiger partial charge in [-0.3, -0.25) is 9.36 Å². The summed E-state index contributed by atoms with van der Waals surface area (Å²) in [5.74, 6) is 0.356. The molecule has 1 heterocycles. The Kier molecular flexibility index (Phi) is 6.42. The zero-order chi connectivity index (χ0) is 25.5. The average molecular weight is 490 g/mol. The number of aryl methyl sites for hydroxylation is 1. The molecule has 0 spiro atoms. The summed E-state index contributed by atoms with van der Waals surface area (Å²) < 4.78 is 29.9. The van der Waals surface area contributed by atoms with Gasteiger partial charge < -0.3 is 0 Å². The molecule has 0 aliphatic rings. The van der Waals surface area contributed by atoms with Crippen LogP contribution in [0.3, 0.4) is 0 Å². The number of nitrogens with zero attached hydrogens (tertiary/aromatic N) is 3. The van der Waals surface area contributed by atoms with Crippen LogP contribution < -0.4 is 5.56 Å². The Morgan fingerprint density at radius 3 is 2.11 bits per heavy atom. The fourth-order valence-corrected chi connectivity index (χ4v) is 5.36. The second-order valence-electron chi connectivity index (χ2n) is 9.93. The van der Waals surface area contributed by atoms with Crippen LogP contribution in [0.1, 0.15) is 50.7 Å². The highest BCUT2D eigenvalue weighted by atomic mass is 32.2. The van der Waals surface area contributed by atoms with E-state index in [1.165, 1.54) is 15.9 Å². The zero-order valence-corrected chi connectivity index (χ0v) is 21.8. The molecule has 0 amide bonds. The van der Waals surface area contributed by atoms with E-state index in [-0.39, 0.29) is 15.9 Å².